The third kappa shape index (κ3) is 9.33. The second-order valence-electron chi connectivity index (χ2n) is 9.75. The van der Waals surface area contributed by atoms with E-state index in [-0.39, 0.29) is 0 Å². The number of rotatable bonds is 10. The minimum atomic E-state index is -4.38. The van der Waals surface area contributed by atoms with Crippen molar-refractivity contribution in [1.29, 1.82) is 0 Å². The molecular weight excluding hydrogens is 553 g/mol. The number of ether oxygens (including phenoxy) is 1. The van der Waals surface area contributed by atoms with Crippen LogP contribution in [0.5, 0.6) is 5.75 Å². The topological polar surface area (TPSA) is 62.7 Å². The third-order valence-electron chi connectivity index (χ3n) is 6.14. The molecule has 0 unspecified atom stereocenters. The van der Waals surface area contributed by atoms with Gasteiger partial charge in [-0.3, -0.25) is 4.79 Å². The van der Waals surface area contributed by atoms with E-state index in [1.165, 1.54) is 12.1 Å². The monoisotopic (exact) mass is 584 g/mol. The molecule has 0 spiro atoms. The van der Waals surface area contributed by atoms with E-state index in [0.717, 1.165) is 47.8 Å². The van der Waals surface area contributed by atoms with Gasteiger partial charge in [-0.1, -0.05) is 48.0 Å². The van der Waals surface area contributed by atoms with E-state index < -0.39 is 17.3 Å². The summed E-state index contributed by atoms with van der Waals surface area (Å²) in [6.45, 7) is 4.34. The number of carbonyl (C=O) groups excluding carboxylic acids is 1. The van der Waals surface area contributed by atoms with Crippen LogP contribution in [-0.2, 0) is 23.9 Å². The fourth-order valence-electron chi connectivity index (χ4n) is 4.02. The molecule has 0 aliphatic carbocycles. The first-order valence-electron chi connectivity index (χ1n) is 12.8. The van der Waals surface area contributed by atoms with Gasteiger partial charge in [-0.2, -0.15) is 13.2 Å². The number of aliphatic hydroxyl groups is 1. The normalized spacial score (nSPS) is 11.3. The Morgan fingerprint density at radius 3 is 2.12 bits per heavy atom. The van der Waals surface area contributed by atoms with Crippen LogP contribution in [0, 0.1) is 0 Å². The second-order valence-corrected chi connectivity index (χ2v) is 10.2. The van der Waals surface area contributed by atoms with E-state index in [1.807, 2.05) is 59.5 Å². The van der Waals surface area contributed by atoms with Gasteiger partial charge in [0, 0.05) is 37.0 Å². The number of carbonyl (C=O) groups is 1. The molecule has 0 bridgehead atoms. The van der Waals surface area contributed by atoms with E-state index in [2.05, 4.69) is 4.98 Å². The summed E-state index contributed by atoms with van der Waals surface area (Å²) in [5.74, 6) is 1.30. The van der Waals surface area contributed by atoms with Gasteiger partial charge in [0.25, 0.3) is 0 Å². The van der Waals surface area contributed by atoms with Gasteiger partial charge < -0.3 is 14.7 Å². The van der Waals surface area contributed by atoms with Crippen LogP contribution in [0.4, 0.5) is 19.0 Å². The second kappa shape index (κ2) is 14.1. The number of pyridine rings is 1. The van der Waals surface area contributed by atoms with Crippen LogP contribution in [0.1, 0.15) is 30.5 Å². The highest BCUT2D eigenvalue weighted by Gasteiger charge is 2.30. The minimum Gasteiger partial charge on any atom is -0.480 e. The molecule has 1 heterocycles. The fraction of sp³-hybridized carbons (Fsp3) is 0.250. The van der Waals surface area contributed by atoms with E-state index >= 15 is 0 Å². The molecule has 3 aromatic carbocycles. The molecule has 1 N–H and O–H groups in total. The number of benzene rings is 3. The maximum atomic E-state index is 13.0. The van der Waals surface area contributed by atoms with Gasteiger partial charge in [0.15, 0.2) is 11.9 Å². The predicted molar refractivity (Wildman–Crippen MR) is 156 cm³/mol. The van der Waals surface area contributed by atoms with E-state index in [9.17, 15) is 18.0 Å². The first-order chi connectivity index (χ1) is 19.5. The molecular formula is C32H32ClF3N2O3. The van der Waals surface area contributed by atoms with Crippen molar-refractivity contribution in [1.82, 2.24) is 4.98 Å². The SMILES string of the molecule is CC(C)(C=O)Oc1ccc(CCN(Cc2ccc(C(F)(F)F)cc2)c2ccc(-c3cccc(Cl)c3)cn2)cc1.CO. The largest absolute Gasteiger partial charge is 0.480 e. The number of hydrogen-bond acceptors (Lipinski definition) is 5. The fourth-order valence-corrected chi connectivity index (χ4v) is 4.21. The lowest BCUT2D eigenvalue weighted by molar-refractivity contribution is -0.137. The molecule has 216 valence electrons. The van der Waals surface area contributed by atoms with E-state index in [0.29, 0.717) is 36.1 Å². The number of aromatic nitrogens is 1. The van der Waals surface area contributed by atoms with Crippen LogP contribution in [0.15, 0.2) is 91.1 Å². The first kappa shape index (κ1) is 31.6. The minimum absolute atomic E-state index is 0.385. The highest BCUT2D eigenvalue weighted by Crippen LogP contribution is 2.30. The molecule has 0 fully saturated rings. The van der Waals surface area contributed by atoms with Crippen LogP contribution >= 0.6 is 11.6 Å². The maximum Gasteiger partial charge on any atom is 0.416 e. The smallest absolute Gasteiger partial charge is 0.416 e. The highest BCUT2D eigenvalue weighted by atomic mass is 35.5. The summed E-state index contributed by atoms with van der Waals surface area (Å²) in [7, 11) is 1.00. The molecule has 0 saturated carbocycles. The van der Waals surface area contributed by atoms with Gasteiger partial charge >= 0.3 is 6.18 Å². The number of aliphatic hydroxyl groups excluding tert-OH is 1. The van der Waals surface area contributed by atoms with Crippen LogP contribution in [0.25, 0.3) is 11.1 Å². The van der Waals surface area contributed by atoms with Crippen molar-refractivity contribution < 1.29 is 27.8 Å². The van der Waals surface area contributed by atoms with Crippen LogP contribution in [0.2, 0.25) is 5.02 Å². The van der Waals surface area contributed by atoms with Crippen molar-refractivity contribution in [3.8, 4) is 16.9 Å². The highest BCUT2D eigenvalue weighted by molar-refractivity contribution is 6.30. The molecule has 4 rings (SSSR count). The molecule has 0 aliphatic heterocycles. The summed E-state index contributed by atoms with van der Waals surface area (Å²) in [6.07, 6.45) is -1.20. The predicted octanol–water partition coefficient (Wildman–Crippen LogP) is 7.63. The number of alkyl halides is 3. The summed E-state index contributed by atoms with van der Waals surface area (Å²) in [5, 5.41) is 7.63. The standard InChI is InChI=1S/C31H28ClF3N2O2.CH4O/c1-30(2,21-38)39-28-13-8-22(9-14-28)16-17-37(20-23-6-11-26(12-7-23)31(33,34)35)29-15-10-25(19-36-29)24-4-3-5-27(32)18-24;1-2/h3-15,18-19,21H,16-17,20H2,1-2H3;2H,1H3. The van der Waals surface area contributed by atoms with Gasteiger partial charge in [-0.05, 0) is 85.5 Å². The van der Waals surface area contributed by atoms with Gasteiger partial charge in [-0.25, -0.2) is 4.98 Å². The quantitative estimate of drug-likeness (QED) is 0.194. The first-order valence-corrected chi connectivity index (χ1v) is 13.2. The zero-order valence-corrected chi connectivity index (χ0v) is 23.8. The van der Waals surface area contributed by atoms with Gasteiger partial charge in [0.1, 0.15) is 11.6 Å². The summed E-state index contributed by atoms with van der Waals surface area (Å²) < 4.78 is 44.8. The maximum absolute atomic E-state index is 13.0. The lowest BCUT2D eigenvalue weighted by Gasteiger charge is -2.25. The summed E-state index contributed by atoms with van der Waals surface area (Å²) in [4.78, 5) is 17.8. The number of nitrogens with zero attached hydrogens (tertiary/aromatic N) is 2. The Hall–Kier alpha value is -3.88. The summed E-state index contributed by atoms with van der Waals surface area (Å²) in [5.41, 5.74) is 2.04. The summed E-state index contributed by atoms with van der Waals surface area (Å²) >= 11 is 6.13. The molecule has 1 aromatic heterocycles. The zero-order valence-electron chi connectivity index (χ0n) is 23.0. The van der Waals surface area contributed by atoms with Crippen molar-refractivity contribution in [3.63, 3.8) is 0 Å². The Morgan fingerprint density at radius 2 is 1.56 bits per heavy atom. The molecule has 41 heavy (non-hydrogen) atoms. The Bertz CT molecular complexity index is 1390. The van der Waals surface area contributed by atoms with Crippen molar-refractivity contribution in [2.45, 2.75) is 38.6 Å². The van der Waals surface area contributed by atoms with Crippen molar-refractivity contribution in [2.24, 2.45) is 0 Å². The molecule has 5 nitrogen and oxygen atoms in total. The summed E-state index contributed by atoms with van der Waals surface area (Å²) in [6, 6.07) is 24.0. The Morgan fingerprint density at radius 1 is 0.902 bits per heavy atom. The molecule has 0 aliphatic rings. The zero-order chi connectivity index (χ0) is 30.0. The lowest BCUT2D eigenvalue weighted by Crippen LogP contribution is -2.29. The van der Waals surface area contributed by atoms with Gasteiger partial charge in [-0.15, -0.1) is 0 Å². The number of halogens is 4. The van der Waals surface area contributed by atoms with Crippen LogP contribution in [0.3, 0.4) is 0 Å². The average molecular weight is 585 g/mol. The number of aldehydes is 1. The number of anilines is 1. The van der Waals surface area contributed by atoms with Crippen LogP contribution in [-0.4, -0.2) is 35.6 Å². The molecule has 0 saturated heterocycles. The molecule has 4 aromatic rings. The average Bonchev–Trinajstić information content (AvgIpc) is 2.97. The van der Waals surface area contributed by atoms with E-state index in [4.69, 9.17) is 21.4 Å². The van der Waals surface area contributed by atoms with Crippen molar-refractivity contribution in [2.75, 3.05) is 18.6 Å². The van der Waals surface area contributed by atoms with Crippen molar-refractivity contribution in [3.05, 3.63) is 113 Å². The van der Waals surface area contributed by atoms with Gasteiger partial charge in [0.2, 0.25) is 0 Å². The molecule has 0 amide bonds. The Labute approximate surface area is 243 Å². The molecule has 0 atom stereocenters. The van der Waals surface area contributed by atoms with E-state index in [1.54, 1.807) is 26.1 Å². The lowest BCUT2D eigenvalue weighted by atomic mass is 10.1. The molecule has 9 heteroatoms. The van der Waals surface area contributed by atoms with Crippen LogP contribution < -0.4 is 9.64 Å². The Kier molecular flexibility index (Phi) is 10.9. The molecule has 0 radical (unpaired) electrons. The van der Waals surface area contributed by atoms with Crippen molar-refractivity contribution >= 4 is 23.7 Å². The third-order valence-corrected chi connectivity index (χ3v) is 6.38. The number of hydrogen-bond donors (Lipinski definition) is 1. The Balaban J connectivity index is 0.00000226. The van der Waals surface area contributed by atoms with Gasteiger partial charge in [0.05, 0.1) is 5.56 Å².